The number of fused-ring (bicyclic) bond motifs is 1. The number of halogens is 4. The number of aliphatic imine (C=N–C) groups is 1. The third kappa shape index (κ3) is 7.28. The first-order chi connectivity index (χ1) is 15.2. The van der Waals surface area contributed by atoms with Crippen LogP contribution in [0.2, 0.25) is 4.34 Å². The number of hydrogen-bond donors (Lipinski definition) is 1. The molecule has 0 amide bonds. The van der Waals surface area contributed by atoms with Gasteiger partial charge in [-0.25, -0.2) is 0 Å². The van der Waals surface area contributed by atoms with Crippen LogP contribution in [0.5, 0.6) is 0 Å². The molecule has 1 aromatic heterocycles. The molecule has 32 heavy (non-hydrogen) atoms. The number of benzene rings is 1. The fraction of sp³-hybridized carbons (Fsp3) is 0.292. The van der Waals surface area contributed by atoms with E-state index in [0.717, 1.165) is 36.0 Å². The van der Waals surface area contributed by atoms with Gasteiger partial charge in [0.05, 0.1) is 10.9 Å². The van der Waals surface area contributed by atoms with Gasteiger partial charge in [-0.15, -0.1) is 11.3 Å². The lowest BCUT2D eigenvalue weighted by Crippen LogP contribution is -2.27. The second-order valence-electron chi connectivity index (χ2n) is 7.09. The molecule has 2 heterocycles. The molecule has 3 nitrogen and oxygen atoms in total. The zero-order valence-corrected chi connectivity index (χ0v) is 19.5. The minimum atomic E-state index is -4.55. The molecule has 0 spiro atoms. The first-order valence-electron chi connectivity index (χ1n) is 10.1. The van der Waals surface area contributed by atoms with Crippen LogP contribution < -0.4 is 5.73 Å². The second-order valence-corrected chi connectivity index (χ2v) is 8.86. The molecular weight excluding hydrogens is 455 g/mol. The summed E-state index contributed by atoms with van der Waals surface area (Å²) in [5.41, 5.74) is 6.77. The molecule has 2 N–H and O–H groups in total. The van der Waals surface area contributed by atoms with Crippen LogP contribution in [-0.4, -0.2) is 30.4 Å². The van der Waals surface area contributed by atoms with Crippen LogP contribution in [-0.2, 0) is 13.0 Å². The third-order valence-corrected chi connectivity index (χ3v) is 6.04. The Hall–Kier alpha value is -2.51. The van der Waals surface area contributed by atoms with Gasteiger partial charge in [0.15, 0.2) is 0 Å². The van der Waals surface area contributed by atoms with Crippen molar-refractivity contribution in [3.05, 3.63) is 87.4 Å². The van der Waals surface area contributed by atoms with Crippen LogP contribution in [0.3, 0.4) is 0 Å². The van der Waals surface area contributed by atoms with Gasteiger partial charge < -0.3 is 10.6 Å². The molecule has 172 valence electrons. The van der Waals surface area contributed by atoms with Crippen molar-refractivity contribution in [3.8, 4) is 0 Å². The largest absolute Gasteiger partial charge is 0.431 e. The van der Waals surface area contributed by atoms with E-state index < -0.39 is 11.9 Å². The Morgan fingerprint density at radius 1 is 1.31 bits per heavy atom. The van der Waals surface area contributed by atoms with Gasteiger partial charge in [0.1, 0.15) is 5.70 Å². The quantitative estimate of drug-likeness (QED) is 0.361. The Kier molecular flexibility index (Phi) is 9.60. The lowest BCUT2D eigenvalue weighted by Gasteiger charge is -2.28. The highest BCUT2D eigenvalue weighted by Gasteiger charge is 2.34. The topological polar surface area (TPSA) is 41.6 Å². The predicted octanol–water partition coefficient (Wildman–Crippen LogP) is 6.86. The van der Waals surface area contributed by atoms with Crippen molar-refractivity contribution in [2.75, 3.05) is 13.1 Å². The highest BCUT2D eigenvalue weighted by atomic mass is 35.5. The highest BCUT2D eigenvalue weighted by molar-refractivity contribution is 7.16. The summed E-state index contributed by atoms with van der Waals surface area (Å²) < 4.78 is 38.8. The maximum atomic E-state index is 12.6. The highest BCUT2D eigenvalue weighted by Crippen LogP contribution is 2.32. The first kappa shape index (κ1) is 25.7. The average Bonchev–Trinajstić information content (AvgIpc) is 3.15. The van der Waals surface area contributed by atoms with Crippen molar-refractivity contribution >= 4 is 34.7 Å². The average molecular weight is 482 g/mol. The standard InChI is InChI=1S/C13H15F3N2.C11H12ClNS/c1-2-8-18-9-11(12(17)13(14,15)16)10-6-4-3-5-7-10;1-3-8(2)13-5-4-9-6-11(12)14-10(9)7-13/h3-7,9H,2,8,17H2,1H3;3,6H,1-2,4-5,7H2/b12-11+,18-9?;. The van der Waals surface area contributed by atoms with E-state index in [2.05, 4.69) is 29.1 Å². The molecule has 0 unspecified atom stereocenters. The van der Waals surface area contributed by atoms with Gasteiger partial charge in [0.25, 0.3) is 0 Å². The Morgan fingerprint density at radius 2 is 2.00 bits per heavy atom. The van der Waals surface area contributed by atoms with E-state index >= 15 is 0 Å². The number of thiophene rings is 1. The van der Waals surface area contributed by atoms with Crippen molar-refractivity contribution in [1.29, 1.82) is 0 Å². The van der Waals surface area contributed by atoms with Crippen molar-refractivity contribution in [2.45, 2.75) is 32.5 Å². The smallest absolute Gasteiger partial charge is 0.394 e. The van der Waals surface area contributed by atoms with E-state index in [1.54, 1.807) is 47.7 Å². The number of nitrogens with zero attached hydrogens (tertiary/aromatic N) is 2. The van der Waals surface area contributed by atoms with Crippen LogP contribution in [0.15, 0.2) is 72.0 Å². The summed E-state index contributed by atoms with van der Waals surface area (Å²) in [5, 5.41) is 0. The molecule has 8 heteroatoms. The van der Waals surface area contributed by atoms with E-state index in [9.17, 15) is 13.2 Å². The molecular formula is C24H27ClF3N3S. The van der Waals surface area contributed by atoms with Crippen LogP contribution in [0, 0.1) is 0 Å². The van der Waals surface area contributed by atoms with E-state index in [1.807, 2.05) is 6.92 Å². The minimum absolute atomic E-state index is 0.0865. The molecule has 3 rings (SSSR count). The zero-order chi connectivity index (χ0) is 23.7. The van der Waals surface area contributed by atoms with E-state index in [-0.39, 0.29) is 5.57 Å². The third-order valence-electron chi connectivity index (χ3n) is 4.75. The van der Waals surface area contributed by atoms with Gasteiger partial charge in [-0.05, 0) is 36.1 Å². The molecule has 0 aliphatic carbocycles. The van der Waals surface area contributed by atoms with Gasteiger partial charge in [-0.2, -0.15) is 13.2 Å². The van der Waals surface area contributed by atoms with Gasteiger partial charge >= 0.3 is 6.18 Å². The molecule has 2 aromatic rings. The molecule has 0 fully saturated rings. The van der Waals surface area contributed by atoms with Crippen LogP contribution in [0.1, 0.15) is 29.3 Å². The number of hydrogen-bond acceptors (Lipinski definition) is 4. The fourth-order valence-electron chi connectivity index (χ4n) is 3.01. The number of allylic oxidation sites excluding steroid dienone is 3. The van der Waals surface area contributed by atoms with E-state index in [4.69, 9.17) is 17.3 Å². The Labute approximate surface area is 196 Å². The van der Waals surface area contributed by atoms with E-state index in [1.165, 1.54) is 16.7 Å². The lowest BCUT2D eigenvalue weighted by atomic mass is 10.0. The Morgan fingerprint density at radius 3 is 2.59 bits per heavy atom. The van der Waals surface area contributed by atoms with Crippen LogP contribution in [0.4, 0.5) is 13.2 Å². The van der Waals surface area contributed by atoms with Gasteiger partial charge in [-0.3, -0.25) is 4.99 Å². The molecule has 0 atom stereocenters. The van der Waals surface area contributed by atoms with Crippen molar-refractivity contribution in [3.63, 3.8) is 0 Å². The van der Waals surface area contributed by atoms with Crippen molar-refractivity contribution in [1.82, 2.24) is 4.90 Å². The predicted molar refractivity (Wildman–Crippen MR) is 130 cm³/mol. The fourth-order valence-corrected chi connectivity index (χ4v) is 4.37. The van der Waals surface area contributed by atoms with Crippen molar-refractivity contribution < 1.29 is 13.2 Å². The van der Waals surface area contributed by atoms with Gasteiger partial charge in [-0.1, -0.05) is 62.0 Å². The summed E-state index contributed by atoms with van der Waals surface area (Å²) in [4.78, 5) is 7.54. The van der Waals surface area contributed by atoms with E-state index in [0.29, 0.717) is 12.1 Å². The first-order valence-corrected chi connectivity index (χ1v) is 11.3. The Bertz CT molecular complexity index is 978. The maximum Gasteiger partial charge on any atom is 0.431 e. The summed E-state index contributed by atoms with van der Waals surface area (Å²) in [6.07, 6.45) is 0.279. The minimum Gasteiger partial charge on any atom is -0.394 e. The summed E-state index contributed by atoms with van der Waals surface area (Å²) >= 11 is 7.64. The van der Waals surface area contributed by atoms with Crippen LogP contribution in [0.25, 0.3) is 5.57 Å². The summed E-state index contributed by atoms with van der Waals surface area (Å²) in [6.45, 7) is 12.0. The van der Waals surface area contributed by atoms with Crippen molar-refractivity contribution in [2.24, 2.45) is 10.7 Å². The lowest BCUT2D eigenvalue weighted by molar-refractivity contribution is -0.0918. The molecule has 0 saturated carbocycles. The molecule has 1 aliphatic rings. The van der Waals surface area contributed by atoms with Crippen LogP contribution >= 0.6 is 22.9 Å². The summed E-state index contributed by atoms with van der Waals surface area (Å²) in [6, 6.07) is 10.3. The van der Waals surface area contributed by atoms with Gasteiger partial charge in [0.2, 0.25) is 0 Å². The molecule has 1 aliphatic heterocycles. The SMILES string of the molecule is C=CC(=C)N1CCc2cc(Cl)sc2C1.CCCN=C/C(=C(\N)C(F)(F)F)c1ccccc1. The number of nitrogens with two attached hydrogens (primary N) is 1. The number of rotatable bonds is 6. The molecule has 0 bridgehead atoms. The normalized spacial score (nSPS) is 14.3. The number of alkyl halides is 3. The summed E-state index contributed by atoms with van der Waals surface area (Å²) in [5.74, 6) is 0. The zero-order valence-electron chi connectivity index (χ0n) is 18.0. The molecule has 0 saturated heterocycles. The Balaban J connectivity index is 0.000000233. The molecule has 0 radical (unpaired) electrons. The van der Waals surface area contributed by atoms with Gasteiger partial charge in [0, 0.05) is 35.5 Å². The summed E-state index contributed by atoms with van der Waals surface area (Å²) in [7, 11) is 0. The second kappa shape index (κ2) is 11.9. The molecule has 1 aromatic carbocycles. The maximum absolute atomic E-state index is 12.6. The monoisotopic (exact) mass is 481 g/mol.